The van der Waals surface area contributed by atoms with Gasteiger partial charge in [0.15, 0.2) is 0 Å². The fourth-order valence-electron chi connectivity index (χ4n) is 2.39. The molecule has 0 spiro atoms. The number of anilines is 2. The van der Waals surface area contributed by atoms with Gasteiger partial charge in [0.05, 0.1) is 13.0 Å². The molecule has 0 bridgehead atoms. The molecule has 0 aliphatic carbocycles. The molecule has 1 aromatic rings. The minimum absolute atomic E-state index is 0.0790. The second-order valence-electron chi connectivity index (χ2n) is 4.91. The van der Waals surface area contributed by atoms with E-state index in [9.17, 15) is 18.0 Å². The van der Waals surface area contributed by atoms with Gasteiger partial charge in [0.1, 0.15) is 6.61 Å². The highest BCUT2D eigenvalue weighted by atomic mass is 19.4. The Balaban J connectivity index is 1.94. The van der Waals surface area contributed by atoms with E-state index in [-0.39, 0.29) is 18.9 Å². The largest absolute Gasteiger partial charge is 0.411 e. The second kappa shape index (κ2) is 6.34. The lowest BCUT2D eigenvalue weighted by molar-refractivity contribution is -0.174. The lowest BCUT2D eigenvalue weighted by Gasteiger charge is -2.30. The molecule has 21 heavy (non-hydrogen) atoms. The van der Waals surface area contributed by atoms with Crippen LogP contribution >= 0.6 is 0 Å². The summed E-state index contributed by atoms with van der Waals surface area (Å²) in [7, 11) is 0. The van der Waals surface area contributed by atoms with Gasteiger partial charge < -0.3 is 15.4 Å². The number of hydrogen-bond acceptors (Lipinski definition) is 3. The highest BCUT2D eigenvalue weighted by Crippen LogP contribution is 2.31. The normalized spacial score (nSPS) is 14.9. The smallest absolute Gasteiger partial charge is 0.398 e. The van der Waals surface area contributed by atoms with Gasteiger partial charge in [-0.25, -0.2) is 0 Å². The number of carbonyl (C=O) groups excluding carboxylic acids is 1. The lowest BCUT2D eigenvalue weighted by atomic mass is 9.99. The summed E-state index contributed by atoms with van der Waals surface area (Å²) in [5, 5.41) is 0. The van der Waals surface area contributed by atoms with Crippen molar-refractivity contribution in [3.8, 4) is 0 Å². The third kappa shape index (κ3) is 4.10. The standard InChI is InChI=1S/C14H17F3N2O2/c15-14(16,17)9-21-8-6-13(20)19-7-2-3-10-11(18)4-1-5-12(10)19/h1,4-5H,2-3,6-9,18H2. The molecule has 7 heteroatoms. The number of carbonyl (C=O) groups is 1. The summed E-state index contributed by atoms with van der Waals surface area (Å²) >= 11 is 0. The van der Waals surface area contributed by atoms with Gasteiger partial charge in [-0.15, -0.1) is 0 Å². The van der Waals surface area contributed by atoms with Gasteiger partial charge >= 0.3 is 6.18 Å². The molecule has 1 aliphatic rings. The molecule has 4 nitrogen and oxygen atoms in total. The van der Waals surface area contributed by atoms with E-state index in [0.29, 0.717) is 12.2 Å². The molecule has 0 saturated carbocycles. The average Bonchev–Trinajstić information content (AvgIpc) is 2.42. The fraction of sp³-hybridized carbons (Fsp3) is 0.500. The van der Waals surface area contributed by atoms with Gasteiger partial charge in [-0.3, -0.25) is 4.79 Å². The molecule has 0 radical (unpaired) electrons. The molecule has 0 atom stereocenters. The van der Waals surface area contributed by atoms with Gasteiger partial charge in [0.25, 0.3) is 0 Å². The number of benzene rings is 1. The summed E-state index contributed by atoms with van der Waals surface area (Å²) in [6.07, 6.45) is -2.85. The zero-order valence-electron chi connectivity index (χ0n) is 11.4. The zero-order chi connectivity index (χ0) is 15.5. The van der Waals surface area contributed by atoms with Crippen molar-refractivity contribution in [3.63, 3.8) is 0 Å². The summed E-state index contributed by atoms with van der Waals surface area (Å²) in [4.78, 5) is 13.7. The molecule has 1 aromatic carbocycles. The molecular weight excluding hydrogens is 285 g/mol. The summed E-state index contributed by atoms with van der Waals surface area (Å²) in [5.74, 6) is -0.247. The third-order valence-corrected chi connectivity index (χ3v) is 3.31. The number of halogens is 3. The number of nitrogens with two attached hydrogens (primary N) is 1. The van der Waals surface area contributed by atoms with Crippen molar-refractivity contribution in [1.29, 1.82) is 0 Å². The molecular formula is C14H17F3N2O2. The predicted molar refractivity (Wildman–Crippen MR) is 73.0 cm³/mol. The topological polar surface area (TPSA) is 55.6 Å². The molecule has 0 unspecified atom stereocenters. The van der Waals surface area contributed by atoms with Crippen LogP contribution in [-0.2, 0) is 16.0 Å². The van der Waals surface area contributed by atoms with Crippen molar-refractivity contribution < 1.29 is 22.7 Å². The van der Waals surface area contributed by atoms with E-state index in [0.717, 1.165) is 24.1 Å². The summed E-state index contributed by atoms with van der Waals surface area (Å²) in [6.45, 7) is -1.02. The first-order valence-electron chi connectivity index (χ1n) is 6.71. The molecule has 116 valence electrons. The molecule has 0 fully saturated rings. The van der Waals surface area contributed by atoms with Gasteiger partial charge in [-0.05, 0) is 30.5 Å². The van der Waals surface area contributed by atoms with E-state index in [1.54, 1.807) is 23.1 Å². The molecule has 2 N–H and O–H groups in total. The van der Waals surface area contributed by atoms with Crippen molar-refractivity contribution >= 4 is 17.3 Å². The third-order valence-electron chi connectivity index (χ3n) is 3.31. The number of ether oxygens (including phenoxy) is 1. The predicted octanol–water partition coefficient (Wildman–Crippen LogP) is 2.52. The Morgan fingerprint density at radius 2 is 2.14 bits per heavy atom. The van der Waals surface area contributed by atoms with E-state index in [1.165, 1.54) is 0 Å². The summed E-state index contributed by atoms with van der Waals surface area (Å²) in [5.41, 5.74) is 8.20. The van der Waals surface area contributed by atoms with Crippen molar-refractivity contribution in [2.75, 3.05) is 30.4 Å². The van der Waals surface area contributed by atoms with E-state index in [1.807, 2.05) is 0 Å². The van der Waals surface area contributed by atoms with E-state index < -0.39 is 12.8 Å². The lowest BCUT2D eigenvalue weighted by Crippen LogP contribution is -2.36. The van der Waals surface area contributed by atoms with Crippen LogP contribution in [0.5, 0.6) is 0 Å². The Bertz CT molecular complexity index is 517. The maximum Gasteiger partial charge on any atom is 0.411 e. The first kappa shape index (κ1) is 15.6. The molecule has 1 amide bonds. The van der Waals surface area contributed by atoms with E-state index in [4.69, 9.17) is 5.73 Å². The first-order chi connectivity index (χ1) is 9.88. The van der Waals surface area contributed by atoms with Gasteiger partial charge in [0, 0.05) is 17.9 Å². The van der Waals surface area contributed by atoms with Crippen LogP contribution in [0, 0.1) is 0 Å². The van der Waals surface area contributed by atoms with Crippen LogP contribution in [0.3, 0.4) is 0 Å². The van der Waals surface area contributed by atoms with E-state index in [2.05, 4.69) is 4.74 Å². The van der Waals surface area contributed by atoms with Crippen LogP contribution in [-0.4, -0.2) is 31.8 Å². The molecule has 1 aliphatic heterocycles. The van der Waals surface area contributed by atoms with Crippen molar-refractivity contribution in [2.45, 2.75) is 25.4 Å². The quantitative estimate of drug-likeness (QED) is 0.687. The Labute approximate surface area is 120 Å². The fourth-order valence-corrected chi connectivity index (χ4v) is 2.39. The molecule has 2 rings (SSSR count). The van der Waals surface area contributed by atoms with Crippen molar-refractivity contribution in [2.24, 2.45) is 0 Å². The summed E-state index contributed by atoms with van der Waals surface area (Å²) < 4.78 is 40.3. The number of rotatable bonds is 4. The molecule has 0 saturated heterocycles. The van der Waals surface area contributed by atoms with Crippen LogP contribution in [0.2, 0.25) is 0 Å². The number of nitrogens with zero attached hydrogens (tertiary/aromatic N) is 1. The number of nitrogen functional groups attached to an aromatic ring is 1. The highest BCUT2D eigenvalue weighted by Gasteiger charge is 2.28. The van der Waals surface area contributed by atoms with E-state index >= 15 is 0 Å². The summed E-state index contributed by atoms with van der Waals surface area (Å²) in [6, 6.07) is 5.35. The van der Waals surface area contributed by atoms with Crippen LogP contribution in [0.25, 0.3) is 0 Å². The van der Waals surface area contributed by atoms with Crippen LogP contribution in [0.4, 0.5) is 24.5 Å². The Morgan fingerprint density at radius 3 is 2.86 bits per heavy atom. The van der Waals surface area contributed by atoms with Crippen LogP contribution in [0.15, 0.2) is 18.2 Å². The Hall–Kier alpha value is -1.76. The Morgan fingerprint density at radius 1 is 1.38 bits per heavy atom. The number of fused-ring (bicyclic) bond motifs is 1. The first-order valence-corrected chi connectivity index (χ1v) is 6.71. The monoisotopic (exact) mass is 302 g/mol. The number of hydrogen-bond donors (Lipinski definition) is 1. The Kier molecular flexibility index (Phi) is 4.72. The van der Waals surface area contributed by atoms with Crippen LogP contribution < -0.4 is 10.6 Å². The molecule has 0 aromatic heterocycles. The minimum atomic E-state index is -4.37. The SMILES string of the molecule is Nc1cccc2c1CCCN2C(=O)CCOCC(F)(F)F. The van der Waals surface area contributed by atoms with Crippen molar-refractivity contribution in [3.05, 3.63) is 23.8 Å². The second-order valence-corrected chi connectivity index (χ2v) is 4.91. The number of alkyl halides is 3. The number of amides is 1. The maximum absolute atomic E-state index is 12.1. The molecule has 1 heterocycles. The average molecular weight is 302 g/mol. The zero-order valence-corrected chi connectivity index (χ0v) is 11.4. The van der Waals surface area contributed by atoms with Crippen LogP contribution in [0.1, 0.15) is 18.4 Å². The van der Waals surface area contributed by atoms with Gasteiger partial charge in [0.2, 0.25) is 5.91 Å². The minimum Gasteiger partial charge on any atom is -0.398 e. The maximum atomic E-state index is 12.1. The van der Waals surface area contributed by atoms with Crippen molar-refractivity contribution in [1.82, 2.24) is 0 Å². The highest BCUT2D eigenvalue weighted by molar-refractivity contribution is 5.95. The van der Waals surface area contributed by atoms with Gasteiger partial charge in [-0.2, -0.15) is 13.2 Å². The van der Waals surface area contributed by atoms with Gasteiger partial charge in [-0.1, -0.05) is 6.07 Å².